The van der Waals surface area contributed by atoms with Crippen molar-refractivity contribution in [3.05, 3.63) is 85.1 Å². The molecule has 20 heavy (non-hydrogen) atoms. The number of hydrogen-bond donors (Lipinski definition) is 0. The van der Waals surface area contributed by atoms with Gasteiger partial charge in [0, 0.05) is 0 Å². The van der Waals surface area contributed by atoms with Crippen molar-refractivity contribution in [2.24, 2.45) is 0 Å². The molecule has 0 N–H and O–H groups in total. The average Bonchev–Trinajstić information content (AvgIpc) is 2.52. The highest BCUT2D eigenvalue weighted by Crippen LogP contribution is 2.19. The smallest absolute Gasteiger partial charge is 0.0187 e. The van der Waals surface area contributed by atoms with Gasteiger partial charge in [-0.2, -0.15) is 0 Å². The van der Waals surface area contributed by atoms with Crippen molar-refractivity contribution in [1.82, 2.24) is 0 Å². The van der Waals surface area contributed by atoms with Crippen molar-refractivity contribution in [1.29, 1.82) is 0 Å². The van der Waals surface area contributed by atoms with E-state index in [0.29, 0.717) is 0 Å². The molecule has 0 radical (unpaired) electrons. The molecule has 0 bridgehead atoms. The highest BCUT2D eigenvalue weighted by molar-refractivity contribution is 5.54. The molecule has 0 unspecified atom stereocenters. The van der Waals surface area contributed by atoms with Crippen molar-refractivity contribution < 1.29 is 0 Å². The zero-order valence-electron chi connectivity index (χ0n) is 14.2. The zero-order chi connectivity index (χ0) is 16.4. The maximum Gasteiger partial charge on any atom is -0.0187 e. The van der Waals surface area contributed by atoms with E-state index in [-0.39, 0.29) is 0 Å². The monoisotopic (exact) mass is 272 g/mol. The van der Waals surface area contributed by atoms with E-state index in [4.69, 9.17) is 0 Å². The summed E-state index contributed by atoms with van der Waals surface area (Å²) < 4.78 is 0. The van der Waals surface area contributed by atoms with Crippen molar-refractivity contribution in [3.8, 4) is 0 Å². The Labute approximate surface area is 127 Å². The SMILES string of the molecule is C=C/C=C\C(=C/C)C(=C)/C(C=C)=C/C=C\C.CC.CC. The predicted molar refractivity (Wildman–Crippen MR) is 98.0 cm³/mol. The minimum atomic E-state index is 0.966. The summed E-state index contributed by atoms with van der Waals surface area (Å²) in [5.41, 5.74) is 3.07. The molecule has 0 nitrogen and oxygen atoms in total. The molecular weight excluding hydrogens is 240 g/mol. The van der Waals surface area contributed by atoms with Gasteiger partial charge in [-0.05, 0) is 30.6 Å². The van der Waals surface area contributed by atoms with Gasteiger partial charge in [-0.3, -0.25) is 0 Å². The van der Waals surface area contributed by atoms with Crippen LogP contribution in [0.25, 0.3) is 0 Å². The molecule has 0 aliphatic rings. The van der Waals surface area contributed by atoms with E-state index in [1.807, 2.05) is 84.1 Å². The molecule has 0 saturated carbocycles. The van der Waals surface area contributed by atoms with Crippen LogP contribution in [0, 0.1) is 0 Å². The molecular formula is C20H32. The molecule has 0 atom stereocenters. The maximum atomic E-state index is 4.08. The summed E-state index contributed by atoms with van der Waals surface area (Å²) in [6.07, 6.45) is 15.4. The van der Waals surface area contributed by atoms with Crippen LogP contribution in [-0.4, -0.2) is 0 Å². The molecule has 0 aromatic rings. The molecule has 0 fully saturated rings. The Morgan fingerprint density at radius 2 is 1.40 bits per heavy atom. The maximum absolute atomic E-state index is 4.08. The normalized spacial score (nSPS) is 11.3. The van der Waals surface area contributed by atoms with Gasteiger partial charge < -0.3 is 0 Å². The van der Waals surface area contributed by atoms with E-state index >= 15 is 0 Å². The molecule has 0 heterocycles. The molecule has 0 spiro atoms. The van der Waals surface area contributed by atoms with Crippen LogP contribution in [0.4, 0.5) is 0 Å². The fraction of sp³-hybridized carbons (Fsp3) is 0.300. The molecule has 0 saturated heterocycles. The van der Waals surface area contributed by atoms with Gasteiger partial charge >= 0.3 is 0 Å². The van der Waals surface area contributed by atoms with Gasteiger partial charge in [0.25, 0.3) is 0 Å². The molecule has 0 rings (SSSR count). The largest absolute Gasteiger partial charge is 0.0991 e. The van der Waals surface area contributed by atoms with Crippen LogP contribution in [-0.2, 0) is 0 Å². The Morgan fingerprint density at radius 1 is 0.850 bits per heavy atom. The minimum Gasteiger partial charge on any atom is -0.0991 e. The summed E-state index contributed by atoms with van der Waals surface area (Å²) in [5.74, 6) is 0. The second kappa shape index (κ2) is 19.5. The topological polar surface area (TPSA) is 0 Å². The van der Waals surface area contributed by atoms with Crippen LogP contribution < -0.4 is 0 Å². The molecule has 0 aliphatic heterocycles. The Morgan fingerprint density at radius 3 is 1.75 bits per heavy atom. The summed E-state index contributed by atoms with van der Waals surface area (Å²) in [6, 6.07) is 0. The molecule has 112 valence electrons. The van der Waals surface area contributed by atoms with E-state index in [9.17, 15) is 0 Å². The lowest BCUT2D eigenvalue weighted by molar-refractivity contribution is 1.45. The quantitative estimate of drug-likeness (QED) is 0.458. The van der Waals surface area contributed by atoms with Crippen LogP contribution in [0.15, 0.2) is 85.1 Å². The van der Waals surface area contributed by atoms with Gasteiger partial charge in [-0.15, -0.1) is 0 Å². The van der Waals surface area contributed by atoms with Gasteiger partial charge in [0.1, 0.15) is 0 Å². The highest BCUT2D eigenvalue weighted by Gasteiger charge is 2.00. The lowest BCUT2D eigenvalue weighted by Crippen LogP contribution is -1.88. The molecule has 0 aromatic heterocycles. The van der Waals surface area contributed by atoms with Gasteiger partial charge in [0.15, 0.2) is 0 Å². The molecule has 0 aliphatic carbocycles. The lowest BCUT2D eigenvalue weighted by Gasteiger charge is -2.07. The molecule has 0 amide bonds. The Hall–Kier alpha value is -1.82. The lowest BCUT2D eigenvalue weighted by atomic mass is 9.98. The first-order chi connectivity index (χ1) is 9.71. The van der Waals surface area contributed by atoms with Crippen molar-refractivity contribution in [2.75, 3.05) is 0 Å². The minimum absolute atomic E-state index is 0.966. The van der Waals surface area contributed by atoms with Crippen LogP contribution in [0.2, 0.25) is 0 Å². The number of allylic oxidation sites excluding steroid dienone is 11. The van der Waals surface area contributed by atoms with Crippen molar-refractivity contribution >= 4 is 0 Å². The van der Waals surface area contributed by atoms with Crippen molar-refractivity contribution in [2.45, 2.75) is 41.5 Å². The third kappa shape index (κ3) is 11.3. The zero-order valence-corrected chi connectivity index (χ0v) is 14.2. The number of rotatable bonds is 6. The first kappa shape index (κ1) is 23.3. The summed E-state index contributed by atoms with van der Waals surface area (Å²) in [5, 5.41) is 0. The molecule has 0 aromatic carbocycles. The first-order valence-electron chi connectivity index (χ1n) is 7.31. The summed E-state index contributed by atoms with van der Waals surface area (Å²) in [7, 11) is 0. The van der Waals surface area contributed by atoms with Crippen molar-refractivity contribution in [3.63, 3.8) is 0 Å². The Balaban J connectivity index is -0.000000656. The predicted octanol–water partition coefficient (Wildman–Crippen LogP) is 6.97. The second-order valence-electron chi connectivity index (χ2n) is 3.17. The fourth-order valence-electron chi connectivity index (χ4n) is 1.20. The van der Waals surface area contributed by atoms with E-state index in [0.717, 1.165) is 16.7 Å². The summed E-state index contributed by atoms with van der Waals surface area (Å²) in [6.45, 7) is 23.5. The van der Waals surface area contributed by atoms with Gasteiger partial charge in [-0.1, -0.05) is 96.0 Å². The van der Waals surface area contributed by atoms with E-state index in [1.165, 1.54) is 0 Å². The second-order valence-corrected chi connectivity index (χ2v) is 3.17. The highest BCUT2D eigenvalue weighted by atomic mass is 14.0. The summed E-state index contributed by atoms with van der Waals surface area (Å²) in [4.78, 5) is 0. The van der Waals surface area contributed by atoms with Gasteiger partial charge in [0.2, 0.25) is 0 Å². The third-order valence-corrected chi connectivity index (χ3v) is 2.11. The van der Waals surface area contributed by atoms with E-state index in [1.54, 1.807) is 6.08 Å². The van der Waals surface area contributed by atoms with Gasteiger partial charge in [0.05, 0.1) is 0 Å². The standard InChI is InChI=1S/C16H20.2C2H6/c1-6-10-12-15(8-3)14(5)16(9-4)13-11-7-2;2*1-2/h6-13H,1,4-5H2,2-3H3;2*1-2H3/b11-7-,12-10-,15-8+,16-13+;;. The Bertz CT molecular complexity index is 371. The van der Waals surface area contributed by atoms with Crippen LogP contribution in [0.3, 0.4) is 0 Å². The van der Waals surface area contributed by atoms with E-state index < -0.39 is 0 Å². The molecule has 0 heteroatoms. The van der Waals surface area contributed by atoms with Crippen LogP contribution >= 0.6 is 0 Å². The average molecular weight is 272 g/mol. The third-order valence-electron chi connectivity index (χ3n) is 2.11. The van der Waals surface area contributed by atoms with Crippen LogP contribution in [0.1, 0.15) is 41.5 Å². The van der Waals surface area contributed by atoms with Gasteiger partial charge in [-0.25, -0.2) is 0 Å². The first-order valence-corrected chi connectivity index (χ1v) is 7.31. The van der Waals surface area contributed by atoms with Crippen LogP contribution in [0.5, 0.6) is 0 Å². The Kier molecular flexibility index (Phi) is 22.7. The van der Waals surface area contributed by atoms with E-state index in [2.05, 4.69) is 19.7 Å². The summed E-state index contributed by atoms with van der Waals surface area (Å²) >= 11 is 0. The fourth-order valence-corrected chi connectivity index (χ4v) is 1.20. The number of hydrogen-bond acceptors (Lipinski definition) is 0.